The molecule has 1 aromatic rings. The fraction of sp³-hybridized carbons (Fsp3) is 0.667. The molecule has 2 heterocycles. The number of hydrogen-bond acceptors (Lipinski definition) is 3. The Kier molecular flexibility index (Phi) is 6.65. The normalized spacial score (nSPS) is 24.4. The molecule has 7 heteroatoms. The van der Waals surface area contributed by atoms with Crippen molar-refractivity contribution in [2.45, 2.75) is 57.3 Å². The number of hydrogen-bond donors (Lipinski definition) is 1. The Bertz CT molecular complexity index is 664. The first-order chi connectivity index (χ1) is 13.2. The summed E-state index contributed by atoms with van der Waals surface area (Å²) in [7, 11) is 0. The summed E-state index contributed by atoms with van der Waals surface area (Å²) in [6, 6.07) is 5.53. The second-order valence-electron chi connectivity index (χ2n) is 8.30. The minimum atomic E-state index is -4.31. The van der Waals surface area contributed by atoms with Gasteiger partial charge in [0.2, 0.25) is 5.91 Å². The van der Waals surface area contributed by atoms with Crippen LogP contribution in [0.1, 0.15) is 50.2 Å². The lowest BCUT2D eigenvalue weighted by Gasteiger charge is -2.32. The molecule has 3 rings (SSSR count). The highest BCUT2D eigenvalue weighted by Gasteiger charge is 2.31. The van der Waals surface area contributed by atoms with E-state index in [9.17, 15) is 18.0 Å². The van der Waals surface area contributed by atoms with Gasteiger partial charge in [-0.1, -0.05) is 18.2 Å². The van der Waals surface area contributed by atoms with Crippen molar-refractivity contribution in [2.75, 3.05) is 26.2 Å². The number of halogens is 3. The van der Waals surface area contributed by atoms with Crippen LogP contribution in [-0.2, 0) is 22.3 Å². The number of benzene rings is 1. The van der Waals surface area contributed by atoms with E-state index in [1.807, 2.05) is 6.92 Å². The van der Waals surface area contributed by atoms with Crippen LogP contribution in [0.3, 0.4) is 0 Å². The molecule has 1 aromatic carbocycles. The van der Waals surface area contributed by atoms with E-state index >= 15 is 0 Å². The minimum absolute atomic E-state index is 0.0630. The number of ether oxygens (including phenoxy) is 1. The van der Waals surface area contributed by atoms with Gasteiger partial charge in [-0.2, -0.15) is 13.2 Å². The van der Waals surface area contributed by atoms with Gasteiger partial charge in [0, 0.05) is 26.1 Å². The standard InChI is InChI=1S/C21H29F3N2O2/c1-20(8-3-11-28-20)15-25-19(27)13-16-6-9-26(10-7-16)14-17-4-2-5-18(12-17)21(22,23)24/h2,4-5,12,16H,3,6-11,13-15H2,1H3,(H,25,27)/t20-/m1/s1. The second kappa shape index (κ2) is 8.82. The number of nitrogens with zero attached hydrogens (tertiary/aromatic N) is 1. The summed E-state index contributed by atoms with van der Waals surface area (Å²) < 4.78 is 44.2. The Morgan fingerprint density at radius 1 is 1.32 bits per heavy atom. The van der Waals surface area contributed by atoms with Crippen molar-refractivity contribution in [3.63, 3.8) is 0 Å². The van der Waals surface area contributed by atoms with Gasteiger partial charge in [0.15, 0.2) is 0 Å². The van der Waals surface area contributed by atoms with Gasteiger partial charge >= 0.3 is 6.18 Å². The molecule has 0 unspecified atom stereocenters. The molecule has 0 bridgehead atoms. The van der Waals surface area contributed by atoms with Gasteiger partial charge in [0.05, 0.1) is 11.2 Å². The van der Waals surface area contributed by atoms with E-state index in [0.29, 0.717) is 31.0 Å². The van der Waals surface area contributed by atoms with E-state index in [0.717, 1.165) is 51.4 Å². The largest absolute Gasteiger partial charge is 0.416 e. The van der Waals surface area contributed by atoms with Gasteiger partial charge in [-0.25, -0.2) is 0 Å². The molecule has 2 fully saturated rings. The molecule has 28 heavy (non-hydrogen) atoms. The number of alkyl halides is 3. The number of carbonyl (C=O) groups is 1. The third-order valence-corrected chi connectivity index (χ3v) is 5.80. The van der Waals surface area contributed by atoms with Crippen LogP contribution in [0.2, 0.25) is 0 Å². The molecule has 2 aliphatic heterocycles. The van der Waals surface area contributed by atoms with Gasteiger partial charge in [-0.3, -0.25) is 9.69 Å². The van der Waals surface area contributed by atoms with Crippen LogP contribution < -0.4 is 5.32 Å². The van der Waals surface area contributed by atoms with Gasteiger partial charge < -0.3 is 10.1 Å². The Balaban J connectivity index is 1.40. The molecule has 0 spiro atoms. The topological polar surface area (TPSA) is 41.6 Å². The molecular formula is C21H29F3N2O2. The highest BCUT2D eigenvalue weighted by Crippen LogP contribution is 2.30. The highest BCUT2D eigenvalue weighted by atomic mass is 19.4. The summed E-state index contributed by atoms with van der Waals surface area (Å²) in [6.07, 6.45) is -0.0112. The first-order valence-electron chi connectivity index (χ1n) is 10.0. The fourth-order valence-corrected chi connectivity index (χ4v) is 4.05. The van der Waals surface area contributed by atoms with Crippen molar-refractivity contribution in [1.29, 1.82) is 0 Å². The number of carbonyl (C=O) groups excluding carboxylic acids is 1. The van der Waals surface area contributed by atoms with E-state index in [1.165, 1.54) is 12.1 Å². The van der Waals surface area contributed by atoms with Crippen molar-refractivity contribution in [2.24, 2.45) is 5.92 Å². The average molecular weight is 398 g/mol. The summed E-state index contributed by atoms with van der Waals surface area (Å²) in [6.45, 7) is 5.46. The predicted octanol–water partition coefficient (Wildman–Crippen LogP) is 3.99. The molecule has 0 saturated carbocycles. The molecule has 1 N–H and O–H groups in total. The Labute approximate surface area is 164 Å². The molecule has 4 nitrogen and oxygen atoms in total. The summed E-state index contributed by atoms with van der Waals surface area (Å²) >= 11 is 0. The lowest BCUT2D eigenvalue weighted by Crippen LogP contribution is -2.41. The van der Waals surface area contributed by atoms with Crippen molar-refractivity contribution in [3.05, 3.63) is 35.4 Å². The molecule has 2 aliphatic rings. The van der Waals surface area contributed by atoms with E-state index < -0.39 is 11.7 Å². The quantitative estimate of drug-likeness (QED) is 0.788. The van der Waals surface area contributed by atoms with Crippen molar-refractivity contribution >= 4 is 5.91 Å². The maximum Gasteiger partial charge on any atom is 0.416 e. The van der Waals surface area contributed by atoms with Crippen LogP contribution in [0.25, 0.3) is 0 Å². The second-order valence-corrected chi connectivity index (χ2v) is 8.30. The highest BCUT2D eigenvalue weighted by molar-refractivity contribution is 5.76. The average Bonchev–Trinajstić information content (AvgIpc) is 3.08. The van der Waals surface area contributed by atoms with Crippen LogP contribution in [0.15, 0.2) is 24.3 Å². The Morgan fingerprint density at radius 3 is 2.71 bits per heavy atom. The summed E-state index contributed by atoms with van der Waals surface area (Å²) in [4.78, 5) is 14.4. The van der Waals surface area contributed by atoms with Gasteiger partial charge in [-0.05, 0) is 63.2 Å². The van der Waals surface area contributed by atoms with E-state index in [2.05, 4.69) is 10.2 Å². The van der Waals surface area contributed by atoms with E-state index in [1.54, 1.807) is 6.07 Å². The molecule has 1 amide bonds. The number of likely N-dealkylation sites (tertiary alicyclic amines) is 1. The van der Waals surface area contributed by atoms with Crippen molar-refractivity contribution in [1.82, 2.24) is 10.2 Å². The number of nitrogens with one attached hydrogen (secondary N) is 1. The fourth-order valence-electron chi connectivity index (χ4n) is 4.05. The monoisotopic (exact) mass is 398 g/mol. The zero-order valence-electron chi connectivity index (χ0n) is 16.4. The zero-order chi connectivity index (χ0) is 20.2. The summed E-state index contributed by atoms with van der Waals surface area (Å²) in [5.74, 6) is 0.392. The maximum absolute atomic E-state index is 12.8. The van der Waals surface area contributed by atoms with Crippen molar-refractivity contribution in [3.8, 4) is 0 Å². The zero-order valence-corrected chi connectivity index (χ0v) is 16.4. The number of rotatable bonds is 6. The molecule has 0 radical (unpaired) electrons. The van der Waals surface area contributed by atoms with Gasteiger partial charge in [0.1, 0.15) is 0 Å². The summed E-state index contributed by atoms with van der Waals surface area (Å²) in [5, 5.41) is 3.00. The van der Waals surface area contributed by atoms with Gasteiger partial charge in [-0.15, -0.1) is 0 Å². The van der Waals surface area contributed by atoms with E-state index in [-0.39, 0.29) is 11.5 Å². The van der Waals surface area contributed by atoms with Crippen LogP contribution in [0.4, 0.5) is 13.2 Å². The van der Waals surface area contributed by atoms with E-state index in [4.69, 9.17) is 4.74 Å². The predicted molar refractivity (Wildman–Crippen MR) is 101 cm³/mol. The lowest BCUT2D eigenvalue weighted by molar-refractivity contribution is -0.137. The van der Waals surface area contributed by atoms with Gasteiger partial charge in [0.25, 0.3) is 0 Å². The number of piperidine rings is 1. The molecule has 0 aromatic heterocycles. The maximum atomic E-state index is 12.8. The Morgan fingerprint density at radius 2 is 2.07 bits per heavy atom. The minimum Gasteiger partial charge on any atom is -0.373 e. The van der Waals surface area contributed by atoms with Crippen LogP contribution in [0.5, 0.6) is 0 Å². The smallest absolute Gasteiger partial charge is 0.373 e. The third kappa shape index (κ3) is 5.95. The van der Waals surface area contributed by atoms with Crippen LogP contribution in [-0.4, -0.2) is 42.6 Å². The summed E-state index contributed by atoms with van der Waals surface area (Å²) in [5.41, 5.74) is -0.156. The molecule has 2 saturated heterocycles. The first kappa shape index (κ1) is 21.1. The molecule has 1 atom stereocenters. The Hall–Kier alpha value is -1.60. The molecular weight excluding hydrogens is 369 g/mol. The van der Waals surface area contributed by atoms with Crippen molar-refractivity contribution < 1.29 is 22.7 Å². The molecule has 156 valence electrons. The molecule has 0 aliphatic carbocycles. The SMILES string of the molecule is C[C@]1(CNC(=O)CC2CCN(Cc3cccc(C(F)(F)F)c3)CC2)CCCO1. The van der Waals surface area contributed by atoms with Crippen LogP contribution in [0, 0.1) is 5.92 Å². The lowest BCUT2D eigenvalue weighted by atomic mass is 9.92. The van der Waals surface area contributed by atoms with Crippen LogP contribution >= 0.6 is 0 Å². The first-order valence-corrected chi connectivity index (χ1v) is 10.0. The third-order valence-electron chi connectivity index (χ3n) is 5.80. The number of amides is 1.